The highest BCUT2D eigenvalue weighted by molar-refractivity contribution is 6.25. The van der Waals surface area contributed by atoms with Gasteiger partial charge in [-0.25, -0.2) is 15.0 Å². The van der Waals surface area contributed by atoms with Crippen molar-refractivity contribution >= 4 is 43.6 Å². The van der Waals surface area contributed by atoms with Crippen molar-refractivity contribution in [3.63, 3.8) is 0 Å². The second kappa shape index (κ2) is 16.4. The number of nitrogens with one attached hydrogen (secondary N) is 1. The molecule has 0 bridgehead atoms. The fraction of sp³-hybridized carbons (Fsp3) is 0. The lowest BCUT2D eigenvalue weighted by atomic mass is 9.89. The van der Waals surface area contributed by atoms with Crippen molar-refractivity contribution in [3.8, 4) is 84.4 Å². The van der Waals surface area contributed by atoms with Gasteiger partial charge in [0, 0.05) is 49.4 Å². The maximum absolute atomic E-state index is 5.36. The van der Waals surface area contributed by atoms with Gasteiger partial charge in [-0.3, -0.25) is 0 Å². The SMILES string of the molecule is c1ccc(-c2cc(-c3ccccc3)cc(-c3ccc(-c4cccc5[nH]c6c(ccc7c8ccccc8n(-c8ccccc8)c76)c45)c(-c4nc(-c5ccccc5)nc(-c5ccccc5)n4)c3)c2)cc1. The molecule has 0 atom stereocenters. The molecule has 5 nitrogen and oxygen atoms in total. The van der Waals surface area contributed by atoms with E-state index in [-0.39, 0.29) is 0 Å². The summed E-state index contributed by atoms with van der Waals surface area (Å²) in [4.78, 5) is 19.8. The molecule has 0 spiro atoms. The summed E-state index contributed by atoms with van der Waals surface area (Å²) in [7, 11) is 0. The summed E-state index contributed by atoms with van der Waals surface area (Å²) >= 11 is 0. The molecule has 0 unspecified atom stereocenters. The van der Waals surface area contributed by atoms with Crippen LogP contribution in [0.1, 0.15) is 0 Å². The van der Waals surface area contributed by atoms with Gasteiger partial charge in [-0.1, -0.05) is 194 Å². The van der Waals surface area contributed by atoms with Gasteiger partial charge in [0.2, 0.25) is 0 Å². The Morgan fingerprint density at radius 1 is 0.309 bits per heavy atom. The fourth-order valence-corrected chi connectivity index (χ4v) is 10.0. The zero-order valence-electron chi connectivity index (χ0n) is 36.9. The van der Waals surface area contributed by atoms with Crippen molar-refractivity contribution in [1.82, 2.24) is 24.5 Å². The third kappa shape index (κ3) is 6.76. The van der Waals surface area contributed by atoms with Crippen LogP contribution < -0.4 is 0 Å². The maximum atomic E-state index is 5.36. The molecular weight excluding hydrogens is 827 g/mol. The van der Waals surface area contributed by atoms with Crippen LogP contribution in [-0.2, 0) is 0 Å². The van der Waals surface area contributed by atoms with Gasteiger partial charge >= 0.3 is 0 Å². The number of hydrogen-bond acceptors (Lipinski definition) is 3. The van der Waals surface area contributed by atoms with Crippen molar-refractivity contribution in [1.29, 1.82) is 0 Å². The minimum Gasteiger partial charge on any atom is -0.353 e. The Morgan fingerprint density at radius 3 is 1.44 bits per heavy atom. The summed E-state index contributed by atoms with van der Waals surface area (Å²) < 4.78 is 2.40. The number of fused-ring (bicyclic) bond motifs is 7. The number of nitrogens with zero attached hydrogens (tertiary/aromatic N) is 4. The predicted octanol–water partition coefficient (Wildman–Crippen LogP) is 16.3. The average Bonchev–Trinajstić information content (AvgIpc) is 3.98. The van der Waals surface area contributed by atoms with E-state index in [1.165, 1.54) is 16.3 Å². The topological polar surface area (TPSA) is 59.4 Å². The monoisotopic (exact) mass is 867 g/mol. The Morgan fingerprint density at radius 2 is 0.824 bits per heavy atom. The van der Waals surface area contributed by atoms with E-state index in [1.807, 2.05) is 36.4 Å². The molecule has 3 heterocycles. The van der Waals surface area contributed by atoms with Gasteiger partial charge in [-0.15, -0.1) is 0 Å². The van der Waals surface area contributed by atoms with E-state index in [0.717, 1.165) is 94.2 Å². The van der Waals surface area contributed by atoms with Gasteiger partial charge in [0.15, 0.2) is 17.5 Å². The molecular formula is C63H41N5. The van der Waals surface area contributed by atoms with Gasteiger partial charge in [-0.05, 0) is 93.0 Å². The van der Waals surface area contributed by atoms with Crippen molar-refractivity contribution in [2.45, 2.75) is 0 Å². The first-order valence-electron chi connectivity index (χ1n) is 23.0. The summed E-state index contributed by atoms with van der Waals surface area (Å²) in [6.07, 6.45) is 0. The van der Waals surface area contributed by atoms with E-state index in [2.05, 4.69) is 216 Å². The maximum Gasteiger partial charge on any atom is 0.164 e. The Balaban J connectivity index is 1.09. The van der Waals surface area contributed by atoms with Crippen molar-refractivity contribution in [3.05, 3.63) is 243 Å². The Bertz CT molecular complexity index is 3880. The van der Waals surface area contributed by atoms with Crippen LogP contribution in [0.5, 0.6) is 0 Å². The molecule has 5 heteroatoms. The molecule has 1 N–H and O–H groups in total. The lowest BCUT2D eigenvalue weighted by Gasteiger charge is -2.16. The van der Waals surface area contributed by atoms with Crippen LogP contribution in [0.4, 0.5) is 0 Å². The van der Waals surface area contributed by atoms with Crippen molar-refractivity contribution < 1.29 is 0 Å². The lowest BCUT2D eigenvalue weighted by molar-refractivity contribution is 1.07. The minimum atomic E-state index is 0.598. The molecule has 10 aromatic carbocycles. The fourth-order valence-electron chi connectivity index (χ4n) is 10.0. The van der Waals surface area contributed by atoms with Gasteiger partial charge in [0.1, 0.15) is 0 Å². The first kappa shape index (κ1) is 39.2. The number of hydrogen-bond donors (Lipinski definition) is 1. The molecule has 0 amide bonds. The summed E-state index contributed by atoms with van der Waals surface area (Å²) in [6, 6.07) is 85.9. The normalized spacial score (nSPS) is 11.5. The van der Waals surface area contributed by atoms with Crippen LogP contribution in [0.2, 0.25) is 0 Å². The van der Waals surface area contributed by atoms with E-state index in [9.17, 15) is 0 Å². The smallest absolute Gasteiger partial charge is 0.164 e. The highest BCUT2D eigenvalue weighted by Crippen LogP contribution is 2.45. The van der Waals surface area contributed by atoms with E-state index < -0.39 is 0 Å². The lowest BCUT2D eigenvalue weighted by Crippen LogP contribution is -2.01. The third-order valence-electron chi connectivity index (χ3n) is 13.2. The van der Waals surface area contributed by atoms with Crippen LogP contribution in [0.15, 0.2) is 243 Å². The molecule has 0 fully saturated rings. The Kier molecular flexibility index (Phi) is 9.43. The highest BCUT2D eigenvalue weighted by Gasteiger charge is 2.23. The van der Waals surface area contributed by atoms with Gasteiger partial charge < -0.3 is 9.55 Å². The standard InChI is InChI=1S/C63H41N5/c1-6-19-41(20-7-1)46-37-47(42-21-8-2-9-22-42)39-48(38-46)45-33-34-50(55(40-45)63-66-61(43-23-10-3-11-24-43)65-62(67-63)44-25-12-4-13-26-44)52-30-18-31-56-58(52)54-36-35-53-51-29-16-17-32-57(51)68(60(53)59(54)64-56)49-27-14-5-15-28-49/h1-40,64H. The molecule has 0 saturated carbocycles. The molecule has 318 valence electrons. The summed E-state index contributed by atoms with van der Waals surface area (Å²) in [6.45, 7) is 0. The zero-order valence-corrected chi connectivity index (χ0v) is 36.9. The second-order valence-electron chi connectivity index (χ2n) is 17.3. The number of aromatic amines is 1. The highest BCUT2D eigenvalue weighted by atomic mass is 15.0. The van der Waals surface area contributed by atoms with Crippen molar-refractivity contribution in [2.75, 3.05) is 0 Å². The van der Waals surface area contributed by atoms with Gasteiger partial charge in [-0.2, -0.15) is 0 Å². The largest absolute Gasteiger partial charge is 0.353 e. The minimum absolute atomic E-state index is 0.598. The molecule has 0 aliphatic carbocycles. The van der Waals surface area contributed by atoms with Crippen molar-refractivity contribution in [2.24, 2.45) is 0 Å². The molecule has 0 radical (unpaired) electrons. The summed E-state index contributed by atoms with van der Waals surface area (Å²) in [5, 5.41) is 4.71. The third-order valence-corrected chi connectivity index (χ3v) is 13.2. The van der Waals surface area contributed by atoms with Crippen LogP contribution in [0, 0.1) is 0 Å². The molecule has 0 aliphatic heterocycles. The molecule has 0 saturated heterocycles. The molecule has 13 aromatic rings. The number of benzene rings is 10. The van der Waals surface area contributed by atoms with Crippen LogP contribution in [0.3, 0.4) is 0 Å². The Labute approximate surface area is 393 Å². The molecule has 0 aliphatic rings. The summed E-state index contributed by atoms with van der Waals surface area (Å²) in [5.74, 6) is 1.83. The zero-order chi connectivity index (χ0) is 45.0. The molecule has 3 aromatic heterocycles. The van der Waals surface area contributed by atoms with Gasteiger partial charge in [0.05, 0.1) is 16.6 Å². The molecule has 68 heavy (non-hydrogen) atoms. The number of aromatic nitrogens is 5. The van der Waals surface area contributed by atoms with Crippen LogP contribution >= 0.6 is 0 Å². The predicted molar refractivity (Wildman–Crippen MR) is 282 cm³/mol. The number of H-pyrrole nitrogens is 1. The van der Waals surface area contributed by atoms with E-state index in [0.29, 0.717) is 17.5 Å². The first-order valence-corrected chi connectivity index (χ1v) is 23.0. The number of para-hydroxylation sites is 2. The quantitative estimate of drug-likeness (QED) is 0.165. The van der Waals surface area contributed by atoms with Gasteiger partial charge in [0.25, 0.3) is 0 Å². The van der Waals surface area contributed by atoms with Crippen LogP contribution in [0.25, 0.3) is 128 Å². The average molecular weight is 868 g/mol. The van der Waals surface area contributed by atoms with E-state index in [1.54, 1.807) is 0 Å². The van der Waals surface area contributed by atoms with E-state index >= 15 is 0 Å². The second-order valence-corrected chi connectivity index (χ2v) is 17.3. The van der Waals surface area contributed by atoms with Crippen LogP contribution in [-0.4, -0.2) is 24.5 Å². The Hall–Kier alpha value is -9.19. The first-order chi connectivity index (χ1) is 33.7. The summed E-state index contributed by atoms with van der Waals surface area (Å²) in [5.41, 5.74) is 17.2. The van der Waals surface area contributed by atoms with E-state index in [4.69, 9.17) is 15.0 Å². The molecule has 13 rings (SSSR count). The number of rotatable bonds is 8.